The van der Waals surface area contributed by atoms with Gasteiger partial charge in [-0.3, -0.25) is 4.79 Å². The summed E-state index contributed by atoms with van der Waals surface area (Å²) in [6.07, 6.45) is 6.03. The molecular formula is C17H24O3. The molecule has 1 atom stereocenters. The van der Waals surface area contributed by atoms with Crippen molar-refractivity contribution in [2.75, 3.05) is 14.2 Å². The van der Waals surface area contributed by atoms with E-state index in [1.54, 1.807) is 21.1 Å². The Labute approximate surface area is 121 Å². The highest BCUT2D eigenvalue weighted by Gasteiger charge is 2.30. The third-order valence-corrected chi connectivity index (χ3v) is 4.33. The number of ether oxygens (including phenoxy) is 2. The Bertz CT molecular complexity index is 461. The molecule has 0 N–H and O–H groups in total. The summed E-state index contributed by atoms with van der Waals surface area (Å²) < 4.78 is 10.7. The molecule has 1 aromatic rings. The average molecular weight is 276 g/mol. The third kappa shape index (κ3) is 3.14. The van der Waals surface area contributed by atoms with Crippen LogP contribution in [-0.2, 0) is 4.79 Å². The van der Waals surface area contributed by atoms with E-state index < -0.39 is 0 Å². The van der Waals surface area contributed by atoms with Crippen molar-refractivity contribution in [3.8, 4) is 11.5 Å². The lowest BCUT2D eigenvalue weighted by molar-refractivity contribution is -0.119. The van der Waals surface area contributed by atoms with Crippen LogP contribution in [0.5, 0.6) is 11.5 Å². The molecule has 0 aromatic heterocycles. The number of benzene rings is 1. The standard InChI is InChI=1S/C17H24O3/c1-12(18)17(13-7-5-4-6-8-13)15-10-9-14(19-2)11-16(15)20-3/h9-11,13,17H,4-8H2,1-3H3. The monoisotopic (exact) mass is 276 g/mol. The minimum atomic E-state index is -0.0452. The molecular weight excluding hydrogens is 252 g/mol. The molecule has 0 spiro atoms. The van der Waals surface area contributed by atoms with Crippen LogP contribution in [0.2, 0.25) is 0 Å². The number of carbonyl (C=O) groups is 1. The number of carbonyl (C=O) groups excluding carboxylic acids is 1. The fourth-order valence-electron chi connectivity index (χ4n) is 3.35. The van der Waals surface area contributed by atoms with E-state index in [1.807, 2.05) is 18.2 Å². The number of rotatable bonds is 5. The van der Waals surface area contributed by atoms with E-state index in [-0.39, 0.29) is 11.7 Å². The van der Waals surface area contributed by atoms with Gasteiger partial charge in [0.25, 0.3) is 0 Å². The van der Waals surface area contributed by atoms with Crippen molar-refractivity contribution in [1.29, 1.82) is 0 Å². The van der Waals surface area contributed by atoms with Crippen LogP contribution < -0.4 is 9.47 Å². The van der Waals surface area contributed by atoms with E-state index >= 15 is 0 Å². The number of hydrogen-bond acceptors (Lipinski definition) is 3. The predicted octanol–water partition coefficient (Wildman–Crippen LogP) is 3.96. The molecule has 0 aliphatic heterocycles. The van der Waals surface area contributed by atoms with Crippen LogP contribution in [0.4, 0.5) is 0 Å². The maximum Gasteiger partial charge on any atom is 0.137 e. The first kappa shape index (κ1) is 14.9. The molecule has 1 aliphatic rings. The Morgan fingerprint density at radius 3 is 2.40 bits per heavy atom. The molecule has 20 heavy (non-hydrogen) atoms. The second-order valence-corrected chi connectivity index (χ2v) is 5.59. The van der Waals surface area contributed by atoms with E-state index in [4.69, 9.17) is 9.47 Å². The van der Waals surface area contributed by atoms with Crippen molar-refractivity contribution in [3.05, 3.63) is 23.8 Å². The third-order valence-electron chi connectivity index (χ3n) is 4.33. The molecule has 1 saturated carbocycles. The zero-order chi connectivity index (χ0) is 14.5. The SMILES string of the molecule is COc1ccc(C(C(C)=O)C2CCCCC2)c(OC)c1. The maximum atomic E-state index is 12.2. The lowest BCUT2D eigenvalue weighted by Crippen LogP contribution is -2.22. The first-order chi connectivity index (χ1) is 9.67. The van der Waals surface area contributed by atoms with E-state index in [0.717, 1.165) is 29.9 Å². The predicted molar refractivity (Wildman–Crippen MR) is 79.5 cm³/mol. The van der Waals surface area contributed by atoms with E-state index in [0.29, 0.717) is 5.92 Å². The van der Waals surface area contributed by atoms with Crippen LogP contribution in [0.3, 0.4) is 0 Å². The van der Waals surface area contributed by atoms with Crippen molar-refractivity contribution in [2.45, 2.75) is 44.9 Å². The summed E-state index contributed by atoms with van der Waals surface area (Å²) in [6, 6.07) is 5.77. The van der Waals surface area contributed by atoms with Gasteiger partial charge in [0.15, 0.2) is 0 Å². The number of methoxy groups -OCH3 is 2. The van der Waals surface area contributed by atoms with Crippen molar-refractivity contribution in [1.82, 2.24) is 0 Å². The molecule has 110 valence electrons. The van der Waals surface area contributed by atoms with Gasteiger partial charge in [0.1, 0.15) is 17.3 Å². The van der Waals surface area contributed by atoms with Crippen molar-refractivity contribution in [3.63, 3.8) is 0 Å². The highest BCUT2D eigenvalue weighted by atomic mass is 16.5. The summed E-state index contributed by atoms with van der Waals surface area (Å²) in [5.74, 6) is 2.16. The summed E-state index contributed by atoms with van der Waals surface area (Å²) in [6.45, 7) is 1.70. The molecule has 1 unspecified atom stereocenters. The Morgan fingerprint density at radius 2 is 1.85 bits per heavy atom. The fraction of sp³-hybridized carbons (Fsp3) is 0.588. The van der Waals surface area contributed by atoms with Crippen LogP contribution in [-0.4, -0.2) is 20.0 Å². The highest BCUT2D eigenvalue weighted by molar-refractivity contribution is 5.84. The molecule has 0 bridgehead atoms. The zero-order valence-electron chi connectivity index (χ0n) is 12.6. The van der Waals surface area contributed by atoms with Gasteiger partial charge < -0.3 is 9.47 Å². The summed E-state index contributed by atoms with van der Waals surface area (Å²) >= 11 is 0. The number of Topliss-reactive ketones (excluding diaryl/α,β-unsaturated/α-hetero) is 1. The van der Waals surface area contributed by atoms with Gasteiger partial charge in [-0.15, -0.1) is 0 Å². The van der Waals surface area contributed by atoms with Crippen molar-refractivity contribution < 1.29 is 14.3 Å². The van der Waals surface area contributed by atoms with Gasteiger partial charge in [-0.2, -0.15) is 0 Å². The summed E-state index contributed by atoms with van der Waals surface area (Å²) in [4.78, 5) is 12.2. The summed E-state index contributed by atoms with van der Waals surface area (Å²) in [5, 5.41) is 0. The Kier molecular flexibility index (Phi) is 5.05. The van der Waals surface area contributed by atoms with Gasteiger partial charge in [-0.05, 0) is 31.7 Å². The van der Waals surface area contributed by atoms with Gasteiger partial charge >= 0.3 is 0 Å². The minimum Gasteiger partial charge on any atom is -0.497 e. The zero-order valence-corrected chi connectivity index (χ0v) is 12.6. The van der Waals surface area contributed by atoms with Crippen molar-refractivity contribution >= 4 is 5.78 Å². The van der Waals surface area contributed by atoms with Crippen molar-refractivity contribution in [2.24, 2.45) is 5.92 Å². The van der Waals surface area contributed by atoms with Crippen LogP contribution in [0.1, 0.15) is 50.5 Å². The molecule has 3 heteroatoms. The summed E-state index contributed by atoms with van der Waals surface area (Å²) in [5.41, 5.74) is 1.01. The van der Waals surface area contributed by atoms with Crippen LogP contribution in [0.25, 0.3) is 0 Å². The fourth-order valence-corrected chi connectivity index (χ4v) is 3.35. The second-order valence-electron chi connectivity index (χ2n) is 5.59. The van der Waals surface area contributed by atoms with Crippen LogP contribution >= 0.6 is 0 Å². The molecule has 0 saturated heterocycles. The van der Waals surface area contributed by atoms with Crippen LogP contribution in [0, 0.1) is 5.92 Å². The molecule has 1 fully saturated rings. The summed E-state index contributed by atoms with van der Waals surface area (Å²) in [7, 11) is 3.29. The lowest BCUT2D eigenvalue weighted by Gasteiger charge is -2.30. The number of hydrogen-bond donors (Lipinski definition) is 0. The molecule has 1 aliphatic carbocycles. The first-order valence-electron chi connectivity index (χ1n) is 7.39. The van der Waals surface area contributed by atoms with E-state index in [1.165, 1.54) is 19.3 Å². The van der Waals surface area contributed by atoms with Gasteiger partial charge in [-0.25, -0.2) is 0 Å². The Morgan fingerprint density at radius 1 is 1.15 bits per heavy atom. The molecule has 0 radical (unpaired) electrons. The Balaban J connectivity index is 2.35. The minimum absolute atomic E-state index is 0.0452. The molecule has 1 aromatic carbocycles. The Hall–Kier alpha value is -1.51. The molecule has 0 heterocycles. The highest BCUT2D eigenvalue weighted by Crippen LogP contribution is 2.41. The largest absolute Gasteiger partial charge is 0.497 e. The van der Waals surface area contributed by atoms with Gasteiger partial charge in [0, 0.05) is 17.5 Å². The quantitative estimate of drug-likeness (QED) is 0.816. The maximum absolute atomic E-state index is 12.2. The molecule has 2 rings (SSSR count). The van der Waals surface area contributed by atoms with Gasteiger partial charge in [0.2, 0.25) is 0 Å². The number of ketones is 1. The topological polar surface area (TPSA) is 35.5 Å². The van der Waals surface area contributed by atoms with Crippen LogP contribution in [0.15, 0.2) is 18.2 Å². The van der Waals surface area contributed by atoms with Gasteiger partial charge in [-0.1, -0.05) is 25.3 Å². The van der Waals surface area contributed by atoms with E-state index in [2.05, 4.69) is 0 Å². The first-order valence-corrected chi connectivity index (χ1v) is 7.39. The van der Waals surface area contributed by atoms with E-state index in [9.17, 15) is 4.79 Å². The second kappa shape index (κ2) is 6.78. The van der Waals surface area contributed by atoms with Gasteiger partial charge in [0.05, 0.1) is 14.2 Å². The molecule has 3 nitrogen and oxygen atoms in total. The molecule has 0 amide bonds. The lowest BCUT2D eigenvalue weighted by atomic mass is 9.75. The average Bonchev–Trinajstić information content (AvgIpc) is 2.48. The smallest absolute Gasteiger partial charge is 0.137 e. The normalized spacial score (nSPS) is 17.6.